The SMILES string of the molecule is Cc1ccnc(Oc2cccc(C(C)C)c2)c1C(=N)N. The summed E-state index contributed by atoms with van der Waals surface area (Å²) in [6, 6.07) is 9.69. The molecule has 0 fully saturated rings. The van der Waals surface area contributed by atoms with Gasteiger partial charge in [-0.1, -0.05) is 26.0 Å². The van der Waals surface area contributed by atoms with Crippen molar-refractivity contribution >= 4 is 5.84 Å². The average molecular weight is 269 g/mol. The third kappa shape index (κ3) is 2.96. The van der Waals surface area contributed by atoms with Gasteiger partial charge in [-0.3, -0.25) is 5.41 Å². The van der Waals surface area contributed by atoms with Gasteiger partial charge in [-0.05, 0) is 42.2 Å². The zero-order valence-corrected chi connectivity index (χ0v) is 12.0. The molecular formula is C16H19N3O. The van der Waals surface area contributed by atoms with Gasteiger partial charge in [0, 0.05) is 6.20 Å². The molecule has 0 saturated carbocycles. The van der Waals surface area contributed by atoms with Crippen LogP contribution >= 0.6 is 0 Å². The molecule has 1 aromatic heterocycles. The van der Waals surface area contributed by atoms with Crippen molar-refractivity contribution in [1.29, 1.82) is 5.41 Å². The van der Waals surface area contributed by atoms with E-state index in [1.54, 1.807) is 6.20 Å². The third-order valence-corrected chi connectivity index (χ3v) is 3.13. The van der Waals surface area contributed by atoms with Crippen LogP contribution in [0.15, 0.2) is 36.5 Å². The van der Waals surface area contributed by atoms with E-state index in [0.717, 1.165) is 5.56 Å². The van der Waals surface area contributed by atoms with E-state index >= 15 is 0 Å². The van der Waals surface area contributed by atoms with Gasteiger partial charge in [-0.25, -0.2) is 4.98 Å². The molecule has 0 aliphatic heterocycles. The van der Waals surface area contributed by atoms with Gasteiger partial charge in [-0.15, -0.1) is 0 Å². The minimum absolute atomic E-state index is 0.0365. The Morgan fingerprint density at radius 1 is 1.30 bits per heavy atom. The van der Waals surface area contributed by atoms with Crippen LogP contribution < -0.4 is 10.5 Å². The van der Waals surface area contributed by atoms with Crippen LogP contribution in [0, 0.1) is 12.3 Å². The second-order valence-corrected chi connectivity index (χ2v) is 5.05. The van der Waals surface area contributed by atoms with Crippen LogP contribution in [-0.4, -0.2) is 10.8 Å². The maximum absolute atomic E-state index is 7.65. The number of nitrogens with zero attached hydrogens (tertiary/aromatic N) is 1. The molecule has 104 valence electrons. The molecule has 2 aromatic rings. The summed E-state index contributed by atoms with van der Waals surface area (Å²) >= 11 is 0. The zero-order valence-electron chi connectivity index (χ0n) is 12.0. The fourth-order valence-corrected chi connectivity index (χ4v) is 1.99. The molecule has 20 heavy (non-hydrogen) atoms. The van der Waals surface area contributed by atoms with Gasteiger partial charge in [0.05, 0.1) is 5.56 Å². The third-order valence-electron chi connectivity index (χ3n) is 3.13. The Balaban J connectivity index is 2.38. The van der Waals surface area contributed by atoms with E-state index < -0.39 is 0 Å². The predicted molar refractivity (Wildman–Crippen MR) is 80.6 cm³/mol. The van der Waals surface area contributed by atoms with Crippen molar-refractivity contribution in [1.82, 2.24) is 4.98 Å². The van der Waals surface area contributed by atoms with Crippen LogP contribution in [0.3, 0.4) is 0 Å². The lowest BCUT2D eigenvalue weighted by molar-refractivity contribution is 0.460. The molecule has 4 nitrogen and oxygen atoms in total. The van der Waals surface area contributed by atoms with Gasteiger partial charge in [0.25, 0.3) is 0 Å². The Labute approximate surface area is 119 Å². The smallest absolute Gasteiger partial charge is 0.230 e. The Morgan fingerprint density at radius 2 is 2.05 bits per heavy atom. The van der Waals surface area contributed by atoms with Crippen LogP contribution in [0.1, 0.15) is 36.5 Å². The summed E-state index contributed by atoms with van der Waals surface area (Å²) in [6.07, 6.45) is 1.66. The Bertz CT molecular complexity index is 635. The van der Waals surface area contributed by atoms with E-state index in [-0.39, 0.29) is 5.84 Å². The van der Waals surface area contributed by atoms with Crippen LogP contribution in [-0.2, 0) is 0 Å². The number of nitrogen functional groups attached to an aromatic ring is 1. The normalized spacial score (nSPS) is 10.6. The van der Waals surface area contributed by atoms with E-state index in [1.165, 1.54) is 5.56 Å². The number of ether oxygens (including phenoxy) is 1. The number of hydrogen-bond acceptors (Lipinski definition) is 3. The van der Waals surface area contributed by atoms with Crippen LogP contribution in [0.25, 0.3) is 0 Å². The monoisotopic (exact) mass is 269 g/mol. The molecule has 1 heterocycles. The quantitative estimate of drug-likeness (QED) is 0.658. The largest absolute Gasteiger partial charge is 0.438 e. The number of aromatic nitrogens is 1. The van der Waals surface area contributed by atoms with Gasteiger partial charge in [0.1, 0.15) is 11.6 Å². The Morgan fingerprint density at radius 3 is 2.70 bits per heavy atom. The highest BCUT2D eigenvalue weighted by Crippen LogP contribution is 2.27. The topological polar surface area (TPSA) is 72.0 Å². The molecular weight excluding hydrogens is 250 g/mol. The van der Waals surface area contributed by atoms with Gasteiger partial charge >= 0.3 is 0 Å². The molecule has 0 atom stereocenters. The number of nitrogens with two attached hydrogens (primary N) is 1. The molecule has 4 heteroatoms. The number of rotatable bonds is 4. The van der Waals surface area contributed by atoms with Crippen LogP contribution in [0.4, 0.5) is 0 Å². The minimum Gasteiger partial charge on any atom is -0.438 e. The summed E-state index contributed by atoms with van der Waals surface area (Å²) < 4.78 is 5.81. The first-order valence-electron chi connectivity index (χ1n) is 6.57. The van der Waals surface area contributed by atoms with Crippen molar-refractivity contribution < 1.29 is 4.74 Å². The first-order valence-corrected chi connectivity index (χ1v) is 6.57. The Hall–Kier alpha value is -2.36. The van der Waals surface area contributed by atoms with Crippen LogP contribution in [0.5, 0.6) is 11.6 Å². The highest BCUT2D eigenvalue weighted by atomic mass is 16.5. The van der Waals surface area contributed by atoms with Crippen molar-refractivity contribution in [3.05, 3.63) is 53.2 Å². The standard InChI is InChI=1S/C16H19N3O/c1-10(2)12-5-4-6-13(9-12)20-16-14(15(17)18)11(3)7-8-19-16/h4-10H,1-3H3,(H3,17,18). The average Bonchev–Trinajstić information content (AvgIpc) is 2.38. The molecule has 0 spiro atoms. The maximum Gasteiger partial charge on any atom is 0.230 e. The maximum atomic E-state index is 7.65. The van der Waals surface area contributed by atoms with Crippen molar-refractivity contribution in [2.24, 2.45) is 5.73 Å². The van der Waals surface area contributed by atoms with Gasteiger partial charge in [0.15, 0.2) is 0 Å². The Kier molecular flexibility index (Phi) is 4.03. The van der Waals surface area contributed by atoms with Gasteiger partial charge in [-0.2, -0.15) is 0 Å². The number of pyridine rings is 1. The number of benzene rings is 1. The summed E-state index contributed by atoms with van der Waals surface area (Å²) in [5, 5.41) is 7.65. The van der Waals surface area contributed by atoms with Crippen molar-refractivity contribution in [3.8, 4) is 11.6 Å². The molecule has 0 unspecified atom stereocenters. The lowest BCUT2D eigenvalue weighted by Gasteiger charge is -2.12. The molecule has 0 aliphatic rings. The van der Waals surface area contributed by atoms with E-state index in [2.05, 4.69) is 24.9 Å². The van der Waals surface area contributed by atoms with E-state index in [9.17, 15) is 0 Å². The molecule has 1 aromatic carbocycles. The van der Waals surface area contributed by atoms with E-state index in [1.807, 2.05) is 31.2 Å². The van der Waals surface area contributed by atoms with Gasteiger partial charge < -0.3 is 10.5 Å². The molecule has 3 N–H and O–H groups in total. The van der Waals surface area contributed by atoms with Crippen LogP contribution in [0.2, 0.25) is 0 Å². The van der Waals surface area contributed by atoms with E-state index in [0.29, 0.717) is 23.1 Å². The zero-order chi connectivity index (χ0) is 14.7. The molecule has 2 rings (SSSR count). The summed E-state index contributed by atoms with van der Waals surface area (Å²) in [4.78, 5) is 4.19. The molecule has 0 saturated heterocycles. The van der Waals surface area contributed by atoms with Crippen molar-refractivity contribution in [2.75, 3.05) is 0 Å². The lowest BCUT2D eigenvalue weighted by atomic mass is 10.0. The lowest BCUT2D eigenvalue weighted by Crippen LogP contribution is -2.14. The fourth-order valence-electron chi connectivity index (χ4n) is 1.99. The first kappa shape index (κ1) is 14.1. The first-order chi connectivity index (χ1) is 9.49. The second kappa shape index (κ2) is 5.74. The fraction of sp³-hybridized carbons (Fsp3) is 0.250. The molecule has 0 radical (unpaired) electrons. The predicted octanol–water partition coefficient (Wildman–Crippen LogP) is 3.59. The summed E-state index contributed by atoms with van der Waals surface area (Å²) in [5.41, 5.74) is 8.23. The molecule has 0 aliphatic carbocycles. The molecule has 0 bridgehead atoms. The summed E-state index contributed by atoms with van der Waals surface area (Å²) in [6.45, 7) is 6.14. The molecule has 0 amide bonds. The van der Waals surface area contributed by atoms with Gasteiger partial charge in [0.2, 0.25) is 5.88 Å². The summed E-state index contributed by atoms with van der Waals surface area (Å²) in [7, 11) is 0. The second-order valence-electron chi connectivity index (χ2n) is 5.05. The van der Waals surface area contributed by atoms with E-state index in [4.69, 9.17) is 15.9 Å². The number of hydrogen-bond donors (Lipinski definition) is 2. The van der Waals surface area contributed by atoms with Crippen molar-refractivity contribution in [2.45, 2.75) is 26.7 Å². The summed E-state index contributed by atoms with van der Waals surface area (Å²) in [5.74, 6) is 1.47. The number of aryl methyl sites for hydroxylation is 1. The number of amidine groups is 1. The highest BCUT2D eigenvalue weighted by Gasteiger charge is 2.12. The minimum atomic E-state index is -0.0365. The van der Waals surface area contributed by atoms with Crippen molar-refractivity contribution in [3.63, 3.8) is 0 Å². The number of nitrogens with one attached hydrogen (secondary N) is 1. The highest BCUT2D eigenvalue weighted by molar-refractivity contribution is 5.98.